The SMILES string of the molecule is NCC#Cc1cnccc1C(=O)Nc1cnns1. The third-order valence-corrected chi connectivity index (χ3v) is 2.57. The zero-order valence-corrected chi connectivity index (χ0v) is 10.1. The summed E-state index contributed by atoms with van der Waals surface area (Å²) < 4.78 is 3.66. The highest BCUT2D eigenvalue weighted by molar-refractivity contribution is 7.10. The van der Waals surface area contributed by atoms with E-state index in [0.717, 1.165) is 11.5 Å². The molecular weight excluding hydrogens is 250 g/mol. The number of hydrogen-bond acceptors (Lipinski definition) is 6. The molecule has 0 aromatic carbocycles. The van der Waals surface area contributed by atoms with Crippen molar-refractivity contribution in [1.82, 2.24) is 14.6 Å². The summed E-state index contributed by atoms with van der Waals surface area (Å²) in [6.07, 6.45) is 4.55. The van der Waals surface area contributed by atoms with Gasteiger partial charge in [0.05, 0.1) is 23.9 Å². The minimum Gasteiger partial charge on any atom is -0.320 e. The van der Waals surface area contributed by atoms with Crippen LogP contribution in [0.25, 0.3) is 0 Å². The molecule has 0 saturated heterocycles. The van der Waals surface area contributed by atoms with Gasteiger partial charge in [-0.05, 0) is 6.07 Å². The predicted octanol–water partition coefficient (Wildman–Crippen LogP) is 0.496. The normalized spacial score (nSPS) is 9.39. The fraction of sp³-hybridized carbons (Fsp3) is 0.0909. The number of rotatable bonds is 2. The van der Waals surface area contributed by atoms with Gasteiger partial charge in [-0.2, -0.15) is 0 Å². The molecule has 0 aliphatic heterocycles. The molecule has 0 atom stereocenters. The Labute approximate surface area is 107 Å². The van der Waals surface area contributed by atoms with Gasteiger partial charge in [-0.25, -0.2) is 0 Å². The van der Waals surface area contributed by atoms with Crippen LogP contribution in [0.2, 0.25) is 0 Å². The Morgan fingerprint density at radius 1 is 1.50 bits per heavy atom. The van der Waals surface area contributed by atoms with E-state index in [1.165, 1.54) is 18.6 Å². The van der Waals surface area contributed by atoms with Crippen molar-refractivity contribution in [3.8, 4) is 11.8 Å². The molecule has 1 amide bonds. The number of aromatic nitrogens is 3. The average molecular weight is 259 g/mol. The number of pyridine rings is 1. The molecule has 2 heterocycles. The minimum absolute atomic E-state index is 0.231. The minimum atomic E-state index is -0.273. The summed E-state index contributed by atoms with van der Waals surface area (Å²) in [5.74, 6) is 5.23. The van der Waals surface area contributed by atoms with Crippen LogP contribution in [0.4, 0.5) is 5.00 Å². The maximum Gasteiger partial charge on any atom is 0.257 e. The molecule has 2 aromatic heterocycles. The molecule has 0 radical (unpaired) electrons. The lowest BCUT2D eigenvalue weighted by molar-refractivity contribution is 0.102. The van der Waals surface area contributed by atoms with Crippen molar-refractivity contribution in [3.05, 3.63) is 35.8 Å². The molecule has 3 N–H and O–H groups in total. The molecule has 0 saturated carbocycles. The molecule has 0 unspecified atom stereocenters. The summed E-state index contributed by atoms with van der Waals surface area (Å²) >= 11 is 1.10. The van der Waals surface area contributed by atoms with Gasteiger partial charge < -0.3 is 11.1 Å². The third kappa shape index (κ3) is 2.88. The number of nitrogens with zero attached hydrogens (tertiary/aromatic N) is 3. The maximum atomic E-state index is 12.0. The lowest BCUT2D eigenvalue weighted by Gasteiger charge is -2.03. The molecule has 2 rings (SSSR count). The summed E-state index contributed by atoms with van der Waals surface area (Å²) in [4.78, 5) is 15.9. The Balaban J connectivity index is 2.24. The second kappa shape index (κ2) is 5.86. The van der Waals surface area contributed by atoms with Crippen molar-refractivity contribution < 1.29 is 4.79 Å². The van der Waals surface area contributed by atoms with Crippen LogP contribution in [-0.2, 0) is 0 Å². The van der Waals surface area contributed by atoms with E-state index in [2.05, 4.69) is 31.7 Å². The molecule has 7 heteroatoms. The molecule has 0 spiro atoms. The number of anilines is 1. The first-order valence-corrected chi connectivity index (χ1v) is 5.80. The number of carbonyl (C=O) groups excluding carboxylic acids is 1. The third-order valence-electron chi connectivity index (χ3n) is 1.99. The second-order valence-corrected chi connectivity index (χ2v) is 3.95. The van der Waals surface area contributed by atoms with Crippen molar-refractivity contribution in [2.24, 2.45) is 5.73 Å². The van der Waals surface area contributed by atoms with Crippen molar-refractivity contribution in [1.29, 1.82) is 0 Å². The zero-order valence-electron chi connectivity index (χ0n) is 9.25. The van der Waals surface area contributed by atoms with Crippen LogP contribution in [0.5, 0.6) is 0 Å². The highest BCUT2D eigenvalue weighted by Gasteiger charge is 2.11. The number of amides is 1. The summed E-state index contributed by atoms with van der Waals surface area (Å²) in [5.41, 5.74) is 6.29. The van der Waals surface area contributed by atoms with E-state index >= 15 is 0 Å². The fourth-order valence-electron chi connectivity index (χ4n) is 1.24. The average Bonchev–Trinajstić information content (AvgIpc) is 2.89. The smallest absolute Gasteiger partial charge is 0.257 e. The van der Waals surface area contributed by atoms with Crippen LogP contribution in [0, 0.1) is 11.8 Å². The van der Waals surface area contributed by atoms with Gasteiger partial charge in [0.1, 0.15) is 5.00 Å². The summed E-state index contributed by atoms with van der Waals surface area (Å²) in [7, 11) is 0. The molecule has 0 fully saturated rings. The molecule has 0 bridgehead atoms. The molecule has 18 heavy (non-hydrogen) atoms. The van der Waals surface area contributed by atoms with E-state index in [0.29, 0.717) is 16.1 Å². The standard InChI is InChI=1S/C11H9N5OS/c12-4-1-2-8-6-13-5-3-9(8)11(17)15-10-7-14-16-18-10/h3,5-7H,4,12H2,(H,15,17). The monoisotopic (exact) mass is 259 g/mol. The van der Waals surface area contributed by atoms with E-state index in [1.807, 2.05) is 0 Å². The highest BCUT2D eigenvalue weighted by Crippen LogP contribution is 2.13. The van der Waals surface area contributed by atoms with Gasteiger partial charge in [0.2, 0.25) is 0 Å². The van der Waals surface area contributed by atoms with Gasteiger partial charge in [0, 0.05) is 23.9 Å². The van der Waals surface area contributed by atoms with Crippen molar-refractivity contribution in [2.45, 2.75) is 0 Å². The largest absolute Gasteiger partial charge is 0.320 e. The Morgan fingerprint density at radius 2 is 2.39 bits per heavy atom. The van der Waals surface area contributed by atoms with Gasteiger partial charge in [0.15, 0.2) is 0 Å². The van der Waals surface area contributed by atoms with E-state index in [9.17, 15) is 4.79 Å². The Kier molecular flexibility index (Phi) is 3.96. The van der Waals surface area contributed by atoms with Crippen LogP contribution in [-0.4, -0.2) is 27.0 Å². The quantitative estimate of drug-likeness (QED) is 0.766. The Hall–Kier alpha value is -2.30. The summed E-state index contributed by atoms with van der Waals surface area (Å²) in [5, 5.41) is 6.90. The maximum absolute atomic E-state index is 12.0. The molecule has 0 aliphatic rings. The van der Waals surface area contributed by atoms with Gasteiger partial charge in [-0.15, -0.1) is 5.10 Å². The first kappa shape index (κ1) is 12.2. The van der Waals surface area contributed by atoms with E-state index in [1.54, 1.807) is 6.07 Å². The Morgan fingerprint density at radius 3 is 3.11 bits per heavy atom. The molecule has 0 aliphatic carbocycles. The van der Waals surface area contributed by atoms with Crippen LogP contribution < -0.4 is 11.1 Å². The number of nitrogens with one attached hydrogen (secondary N) is 1. The van der Waals surface area contributed by atoms with Crippen molar-refractivity contribution in [2.75, 3.05) is 11.9 Å². The lowest BCUT2D eigenvalue weighted by atomic mass is 10.1. The van der Waals surface area contributed by atoms with Crippen LogP contribution in [0.15, 0.2) is 24.7 Å². The zero-order chi connectivity index (χ0) is 12.8. The fourth-order valence-corrected chi connectivity index (χ4v) is 1.65. The van der Waals surface area contributed by atoms with Gasteiger partial charge >= 0.3 is 0 Å². The van der Waals surface area contributed by atoms with E-state index in [4.69, 9.17) is 5.73 Å². The molecular formula is C11H9N5OS. The first-order valence-electron chi connectivity index (χ1n) is 5.03. The molecule has 6 nitrogen and oxygen atoms in total. The van der Waals surface area contributed by atoms with Gasteiger partial charge in [-0.1, -0.05) is 16.3 Å². The summed E-state index contributed by atoms with van der Waals surface area (Å²) in [6, 6.07) is 1.60. The Bertz CT molecular complexity index is 599. The molecule has 90 valence electrons. The van der Waals surface area contributed by atoms with E-state index in [-0.39, 0.29) is 12.5 Å². The lowest BCUT2D eigenvalue weighted by Crippen LogP contribution is -2.13. The van der Waals surface area contributed by atoms with Crippen LogP contribution in [0.3, 0.4) is 0 Å². The van der Waals surface area contributed by atoms with Crippen LogP contribution >= 0.6 is 11.5 Å². The number of carbonyl (C=O) groups is 1. The van der Waals surface area contributed by atoms with Crippen molar-refractivity contribution >= 4 is 22.4 Å². The van der Waals surface area contributed by atoms with Gasteiger partial charge in [-0.3, -0.25) is 9.78 Å². The number of hydrogen-bond donors (Lipinski definition) is 2. The predicted molar refractivity (Wildman–Crippen MR) is 68.0 cm³/mol. The van der Waals surface area contributed by atoms with Gasteiger partial charge in [0.25, 0.3) is 5.91 Å². The topological polar surface area (TPSA) is 93.8 Å². The number of nitrogens with two attached hydrogens (primary N) is 1. The summed E-state index contributed by atoms with van der Waals surface area (Å²) in [6.45, 7) is 0.231. The highest BCUT2D eigenvalue weighted by atomic mass is 32.1. The van der Waals surface area contributed by atoms with E-state index < -0.39 is 0 Å². The molecule has 2 aromatic rings. The first-order chi connectivity index (χ1) is 8.81. The van der Waals surface area contributed by atoms with Crippen molar-refractivity contribution in [3.63, 3.8) is 0 Å². The van der Waals surface area contributed by atoms with Crippen LogP contribution in [0.1, 0.15) is 15.9 Å². The second-order valence-electron chi connectivity index (χ2n) is 3.16.